The summed E-state index contributed by atoms with van der Waals surface area (Å²) in [5.74, 6) is -0.355. The number of nitrogens with two attached hydrogens (primary N) is 1. The minimum atomic E-state index is -0.355. The predicted molar refractivity (Wildman–Crippen MR) is 61.3 cm³/mol. The normalized spacial score (nSPS) is 9.93. The minimum Gasteiger partial charge on any atom is -0.376 e. The summed E-state index contributed by atoms with van der Waals surface area (Å²) in [5, 5.41) is 3.01. The van der Waals surface area contributed by atoms with E-state index in [-0.39, 0.29) is 12.5 Å². The zero-order chi connectivity index (χ0) is 10.7. The summed E-state index contributed by atoms with van der Waals surface area (Å²) < 4.78 is 1.04. The van der Waals surface area contributed by atoms with Gasteiger partial charge >= 0.3 is 0 Å². The Labute approximate surface area is 91.8 Å². The molecule has 0 unspecified atom stereocenters. The summed E-state index contributed by atoms with van der Waals surface area (Å²) in [6.45, 7) is 4.14. The maximum absolute atomic E-state index is 10.6. The number of primary amides is 1. The summed E-state index contributed by atoms with van der Waals surface area (Å²) in [7, 11) is 0. The maximum atomic E-state index is 10.6. The Kier molecular flexibility index (Phi) is 3.52. The summed E-state index contributed by atoms with van der Waals surface area (Å²) in [6, 6.07) is 3.99. The monoisotopic (exact) mass is 256 g/mol. The number of carbonyl (C=O) groups excluding carboxylic acids is 1. The van der Waals surface area contributed by atoms with Gasteiger partial charge in [-0.15, -0.1) is 0 Å². The Morgan fingerprint density at radius 1 is 1.43 bits per heavy atom. The molecule has 0 saturated heterocycles. The number of carbonyl (C=O) groups is 1. The van der Waals surface area contributed by atoms with Crippen LogP contribution in [0.5, 0.6) is 0 Å². The van der Waals surface area contributed by atoms with Crippen molar-refractivity contribution in [2.24, 2.45) is 5.73 Å². The Morgan fingerprint density at radius 2 is 1.93 bits per heavy atom. The van der Waals surface area contributed by atoms with Crippen LogP contribution in [0, 0.1) is 13.8 Å². The number of aryl methyl sites for hydroxylation is 2. The Balaban J connectivity index is 2.91. The van der Waals surface area contributed by atoms with Crippen LogP contribution in [0.3, 0.4) is 0 Å². The van der Waals surface area contributed by atoms with Crippen LogP contribution in [0.4, 0.5) is 5.69 Å². The zero-order valence-corrected chi connectivity index (χ0v) is 9.81. The summed E-state index contributed by atoms with van der Waals surface area (Å²) in [4.78, 5) is 10.6. The van der Waals surface area contributed by atoms with Gasteiger partial charge < -0.3 is 11.1 Å². The highest BCUT2D eigenvalue weighted by Gasteiger charge is 2.04. The van der Waals surface area contributed by atoms with Crippen molar-refractivity contribution in [2.75, 3.05) is 11.9 Å². The Bertz CT molecular complexity index is 340. The predicted octanol–water partition coefficient (Wildman–Crippen LogP) is 1.96. The molecule has 1 rings (SSSR count). The third-order valence-electron chi connectivity index (χ3n) is 1.94. The van der Waals surface area contributed by atoms with E-state index >= 15 is 0 Å². The van der Waals surface area contributed by atoms with Crippen molar-refractivity contribution >= 4 is 27.5 Å². The molecule has 1 aromatic carbocycles. The van der Waals surface area contributed by atoms with E-state index in [4.69, 9.17) is 5.73 Å². The summed E-state index contributed by atoms with van der Waals surface area (Å²) in [6.07, 6.45) is 0. The molecule has 0 bridgehead atoms. The number of hydrogen-bond acceptors (Lipinski definition) is 2. The van der Waals surface area contributed by atoms with Gasteiger partial charge in [0.2, 0.25) is 5.91 Å². The molecule has 0 aromatic heterocycles. The van der Waals surface area contributed by atoms with E-state index in [2.05, 4.69) is 21.2 Å². The van der Waals surface area contributed by atoms with Crippen molar-refractivity contribution in [3.05, 3.63) is 27.7 Å². The van der Waals surface area contributed by atoms with Crippen molar-refractivity contribution in [1.29, 1.82) is 0 Å². The van der Waals surface area contributed by atoms with Gasteiger partial charge in [0.25, 0.3) is 0 Å². The molecule has 0 aliphatic rings. The lowest BCUT2D eigenvalue weighted by molar-refractivity contribution is -0.116. The molecule has 0 heterocycles. The number of anilines is 1. The molecule has 4 heteroatoms. The van der Waals surface area contributed by atoms with Crippen molar-refractivity contribution in [1.82, 2.24) is 0 Å². The molecule has 3 N–H and O–H groups in total. The van der Waals surface area contributed by atoms with Crippen molar-refractivity contribution in [3.8, 4) is 0 Å². The summed E-state index contributed by atoms with van der Waals surface area (Å²) >= 11 is 3.41. The van der Waals surface area contributed by atoms with E-state index in [0.717, 1.165) is 21.3 Å². The molecule has 0 atom stereocenters. The van der Waals surface area contributed by atoms with Gasteiger partial charge in [0.15, 0.2) is 0 Å². The van der Waals surface area contributed by atoms with Crippen molar-refractivity contribution in [3.63, 3.8) is 0 Å². The van der Waals surface area contributed by atoms with E-state index < -0.39 is 0 Å². The molecule has 0 fully saturated rings. The fourth-order valence-electron chi connectivity index (χ4n) is 1.37. The number of amides is 1. The number of hydrogen-bond donors (Lipinski definition) is 2. The van der Waals surface area contributed by atoms with Gasteiger partial charge in [0, 0.05) is 10.2 Å². The van der Waals surface area contributed by atoms with E-state index in [1.807, 2.05) is 26.0 Å². The van der Waals surface area contributed by atoms with Crippen LogP contribution in [0.2, 0.25) is 0 Å². The molecule has 0 aliphatic heterocycles. The molecule has 3 nitrogen and oxygen atoms in total. The molecule has 1 aromatic rings. The molecule has 1 amide bonds. The third-order valence-corrected chi connectivity index (χ3v) is 2.39. The van der Waals surface area contributed by atoms with E-state index in [1.54, 1.807) is 0 Å². The quantitative estimate of drug-likeness (QED) is 0.869. The van der Waals surface area contributed by atoms with Crippen LogP contribution in [0.15, 0.2) is 16.6 Å². The van der Waals surface area contributed by atoms with Crippen LogP contribution >= 0.6 is 15.9 Å². The fourth-order valence-corrected chi connectivity index (χ4v) is 2.05. The zero-order valence-electron chi connectivity index (χ0n) is 8.23. The highest BCUT2D eigenvalue weighted by molar-refractivity contribution is 9.10. The first kappa shape index (κ1) is 11.0. The van der Waals surface area contributed by atoms with Gasteiger partial charge in [0.05, 0.1) is 6.54 Å². The molecule has 0 aliphatic carbocycles. The van der Waals surface area contributed by atoms with Crippen molar-refractivity contribution < 1.29 is 4.79 Å². The smallest absolute Gasteiger partial charge is 0.236 e. The average Bonchev–Trinajstić information content (AvgIpc) is 2.01. The lowest BCUT2D eigenvalue weighted by Gasteiger charge is -2.11. The van der Waals surface area contributed by atoms with Crippen LogP contribution in [-0.2, 0) is 4.79 Å². The Hall–Kier alpha value is -1.03. The van der Waals surface area contributed by atoms with Crippen LogP contribution in [0.25, 0.3) is 0 Å². The molecule has 0 saturated carbocycles. The topological polar surface area (TPSA) is 55.1 Å². The van der Waals surface area contributed by atoms with Gasteiger partial charge in [-0.2, -0.15) is 0 Å². The largest absolute Gasteiger partial charge is 0.376 e. The fraction of sp³-hybridized carbons (Fsp3) is 0.300. The molecule has 0 radical (unpaired) electrons. The van der Waals surface area contributed by atoms with E-state index in [1.165, 1.54) is 0 Å². The van der Waals surface area contributed by atoms with Gasteiger partial charge in [-0.25, -0.2) is 0 Å². The van der Waals surface area contributed by atoms with Crippen LogP contribution < -0.4 is 11.1 Å². The molecule has 76 valence electrons. The second-order valence-electron chi connectivity index (χ2n) is 3.23. The van der Waals surface area contributed by atoms with E-state index in [9.17, 15) is 4.79 Å². The minimum absolute atomic E-state index is 0.170. The molecular weight excluding hydrogens is 244 g/mol. The van der Waals surface area contributed by atoms with Crippen molar-refractivity contribution in [2.45, 2.75) is 13.8 Å². The Morgan fingerprint density at radius 3 is 2.36 bits per heavy atom. The SMILES string of the molecule is Cc1cc(Br)cc(C)c1NCC(N)=O. The molecular formula is C10H13BrN2O. The van der Waals surface area contributed by atoms with Gasteiger partial charge in [0.1, 0.15) is 0 Å². The maximum Gasteiger partial charge on any atom is 0.236 e. The molecule has 14 heavy (non-hydrogen) atoms. The van der Waals surface area contributed by atoms with Gasteiger partial charge in [-0.3, -0.25) is 4.79 Å². The van der Waals surface area contributed by atoms with Crippen LogP contribution in [0.1, 0.15) is 11.1 Å². The first-order valence-corrected chi connectivity index (χ1v) is 5.09. The van der Waals surface area contributed by atoms with E-state index in [0.29, 0.717) is 0 Å². The lowest BCUT2D eigenvalue weighted by Crippen LogP contribution is -2.22. The number of halogens is 1. The number of benzene rings is 1. The highest BCUT2D eigenvalue weighted by Crippen LogP contribution is 2.24. The highest BCUT2D eigenvalue weighted by atomic mass is 79.9. The second kappa shape index (κ2) is 4.46. The van der Waals surface area contributed by atoms with Crippen LogP contribution in [-0.4, -0.2) is 12.5 Å². The number of rotatable bonds is 3. The summed E-state index contributed by atoms with van der Waals surface area (Å²) in [5.41, 5.74) is 8.23. The standard InChI is InChI=1S/C10H13BrN2O/c1-6-3-8(11)4-7(2)10(6)13-5-9(12)14/h3-4,13H,5H2,1-2H3,(H2,12,14). The van der Waals surface area contributed by atoms with Gasteiger partial charge in [-0.05, 0) is 37.1 Å². The molecule has 0 spiro atoms. The first-order chi connectivity index (χ1) is 6.50. The third kappa shape index (κ3) is 2.73. The van der Waals surface area contributed by atoms with Gasteiger partial charge in [-0.1, -0.05) is 15.9 Å². The second-order valence-corrected chi connectivity index (χ2v) is 4.15. The lowest BCUT2D eigenvalue weighted by atomic mass is 10.1. The first-order valence-electron chi connectivity index (χ1n) is 4.29. The number of nitrogens with one attached hydrogen (secondary N) is 1. The average molecular weight is 257 g/mol.